The van der Waals surface area contributed by atoms with E-state index in [9.17, 15) is 17.6 Å². The number of sulfonamides is 1. The number of fused-ring (bicyclic) bond motifs is 1. The van der Waals surface area contributed by atoms with E-state index in [1.165, 1.54) is 16.4 Å². The van der Waals surface area contributed by atoms with Gasteiger partial charge >= 0.3 is 0 Å². The van der Waals surface area contributed by atoms with E-state index in [-0.39, 0.29) is 10.8 Å². The van der Waals surface area contributed by atoms with E-state index in [4.69, 9.17) is 0 Å². The number of rotatable bonds is 3. The van der Waals surface area contributed by atoms with Crippen molar-refractivity contribution >= 4 is 21.6 Å². The molecule has 6 nitrogen and oxygen atoms in total. The minimum atomic E-state index is -4.06. The Morgan fingerprint density at radius 1 is 1.07 bits per heavy atom. The number of piperazine rings is 1. The highest BCUT2D eigenvalue weighted by Gasteiger charge is 2.42. The number of hydrogen-bond acceptors (Lipinski definition) is 4. The zero-order valence-corrected chi connectivity index (χ0v) is 18.0. The Balaban J connectivity index is 1.78. The van der Waals surface area contributed by atoms with Gasteiger partial charge in [0.2, 0.25) is 5.91 Å². The van der Waals surface area contributed by atoms with Gasteiger partial charge in [0.1, 0.15) is 11.9 Å². The van der Waals surface area contributed by atoms with Crippen molar-refractivity contribution in [1.82, 2.24) is 9.80 Å². The van der Waals surface area contributed by atoms with Crippen LogP contribution in [0.3, 0.4) is 0 Å². The van der Waals surface area contributed by atoms with Gasteiger partial charge in [-0.1, -0.05) is 18.2 Å². The summed E-state index contributed by atoms with van der Waals surface area (Å²) in [6.07, 6.45) is 1.05. The molecule has 2 aromatic carbocycles. The standard InChI is InChI=1S/C22H26FN3O3S/c1-16-15-18(23)8-10-21(16)30(28,29)26-19-6-4-3-5-17(19)7-9-20(26)22(27)25-13-11-24(2)12-14-25/h3-6,8,10,15,20H,7,9,11-14H2,1-2H3/t20-/m0/s1. The zero-order chi connectivity index (χ0) is 21.5. The Kier molecular flexibility index (Phi) is 5.55. The molecule has 1 amide bonds. The first-order valence-electron chi connectivity index (χ1n) is 10.1. The second-order valence-corrected chi connectivity index (χ2v) is 9.81. The summed E-state index contributed by atoms with van der Waals surface area (Å²) in [6, 6.07) is 10.1. The summed E-state index contributed by atoms with van der Waals surface area (Å²) < 4.78 is 42.4. The molecule has 0 bridgehead atoms. The first kappa shape index (κ1) is 20.8. The van der Waals surface area contributed by atoms with Gasteiger partial charge in [0.05, 0.1) is 10.6 Å². The highest BCUT2D eigenvalue weighted by molar-refractivity contribution is 7.93. The van der Waals surface area contributed by atoms with Crippen LogP contribution in [0.4, 0.5) is 10.1 Å². The topological polar surface area (TPSA) is 60.9 Å². The largest absolute Gasteiger partial charge is 0.338 e. The maximum absolute atomic E-state index is 13.8. The predicted molar refractivity (Wildman–Crippen MR) is 113 cm³/mol. The molecule has 4 rings (SSSR count). The molecule has 2 aliphatic heterocycles. The van der Waals surface area contributed by atoms with Gasteiger partial charge < -0.3 is 9.80 Å². The minimum absolute atomic E-state index is 0.0248. The summed E-state index contributed by atoms with van der Waals surface area (Å²) in [5, 5.41) is 0. The van der Waals surface area contributed by atoms with Gasteiger partial charge in [-0.3, -0.25) is 9.10 Å². The average Bonchev–Trinajstić information content (AvgIpc) is 2.72. The van der Waals surface area contributed by atoms with Gasteiger partial charge in [-0.2, -0.15) is 0 Å². The lowest BCUT2D eigenvalue weighted by atomic mass is 9.97. The van der Waals surface area contributed by atoms with Crippen molar-refractivity contribution in [2.45, 2.75) is 30.7 Å². The van der Waals surface area contributed by atoms with E-state index >= 15 is 0 Å². The molecule has 0 aromatic heterocycles. The van der Waals surface area contributed by atoms with Crippen LogP contribution in [0.2, 0.25) is 0 Å². The van der Waals surface area contributed by atoms with Crippen molar-refractivity contribution in [2.75, 3.05) is 37.5 Å². The highest BCUT2D eigenvalue weighted by atomic mass is 32.2. The second kappa shape index (κ2) is 8.00. The Labute approximate surface area is 176 Å². The Morgan fingerprint density at radius 2 is 1.77 bits per heavy atom. The number of carbonyl (C=O) groups excluding carboxylic acids is 1. The molecular formula is C22H26FN3O3S. The lowest BCUT2D eigenvalue weighted by Crippen LogP contribution is -2.56. The van der Waals surface area contributed by atoms with Gasteiger partial charge in [-0.05, 0) is 62.2 Å². The van der Waals surface area contributed by atoms with E-state index in [1.807, 2.05) is 19.2 Å². The molecule has 0 radical (unpaired) electrons. The molecular weight excluding hydrogens is 405 g/mol. The van der Waals surface area contributed by atoms with Crippen LogP contribution in [0.1, 0.15) is 17.5 Å². The van der Waals surface area contributed by atoms with E-state index in [0.29, 0.717) is 37.2 Å². The fraction of sp³-hybridized carbons (Fsp3) is 0.409. The zero-order valence-electron chi connectivity index (χ0n) is 17.2. The third-order valence-electron chi connectivity index (χ3n) is 5.97. The first-order chi connectivity index (χ1) is 14.3. The summed E-state index contributed by atoms with van der Waals surface area (Å²) in [4.78, 5) is 17.4. The van der Waals surface area contributed by atoms with E-state index in [1.54, 1.807) is 24.0 Å². The molecule has 1 fully saturated rings. The van der Waals surface area contributed by atoms with Crippen molar-refractivity contribution < 1.29 is 17.6 Å². The summed E-state index contributed by atoms with van der Waals surface area (Å²) in [5.74, 6) is -0.656. The van der Waals surface area contributed by atoms with Gasteiger partial charge in [-0.15, -0.1) is 0 Å². The molecule has 2 heterocycles. The maximum atomic E-state index is 13.8. The Bertz CT molecular complexity index is 1070. The van der Waals surface area contributed by atoms with Crippen LogP contribution < -0.4 is 4.31 Å². The van der Waals surface area contributed by atoms with Crippen LogP contribution in [0.15, 0.2) is 47.4 Å². The average molecular weight is 432 g/mol. The summed E-state index contributed by atoms with van der Waals surface area (Å²) >= 11 is 0. The number of likely N-dealkylation sites (N-methyl/N-ethyl adjacent to an activating group) is 1. The lowest BCUT2D eigenvalue weighted by molar-refractivity contribution is -0.134. The van der Waals surface area contributed by atoms with Crippen molar-refractivity contribution in [3.63, 3.8) is 0 Å². The number of anilines is 1. The summed E-state index contributed by atoms with van der Waals surface area (Å²) in [6.45, 7) is 4.26. The number of para-hydroxylation sites is 1. The third-order valence-corrected chi connectivity index (χ3v) is 7.96. The molecule has 160 valence electrons. The normalized spacial score (nSPS) is 20.2. The molecule has 1 saturated heterocycles. The summed E-state index contributed by atoms with van der Waals surface area (Å²) in [5.41, 5.74) is 1.74. The van der Waals surface area contributed by atoms with Crippen molar-refractivity contribution in [3.05, 3.63) is 59.4 Å². The first-order valence-corrected chi connectivity index (χ1v) is 11.6. The van der Waals surface area contributed by atoms with Gasteiger partial charge in [-0.25, -0.2) is 12.8 Å². The van der Waals surface area contributed by atoms with Crippen molar-refractivity contribution in [3.8, 4) is 0 Å². The van der Waals surface area contributed by atoms with Crippen LogP contribution in [-0.4, -0.2) is 63.4 Å². The SMILES string of the molecule is Cc1cc(F)ccc1S(=O)(=O)N1c2ccccc2CC[C@H]1C(=O)N1CCN(C)CC1. The number of amides is 1. The van der Waals surface area contributed by atoms with Crippen molar-refractivity contribution in [1.29, 1.82) is 0 Å². The minimum Gasteiger partial charge on any atom is -0.338 e. The van der Waals surface area contributed by atoms with E-state index < -0.39 is 21.9 Å². The number of aryl methyl sites for hydroxylation is 2. The second-order valence-electron chi connectivity index (χ2n) is 8.02. The molecule has 0 saturated carbocycles. The number of nitrogens with zero attached hydrogens (tertiary/aromatic N) is 3. The van der Waals surface area contributed by atoms with Crippen LogP contribution in [0.25, 0.3) is 0 Å². The Morgan fingerprint density at radius 3 is 2.47 bits per heavy atom. The molecule has 0 spiro atoms. The number of halogens is 1. The van der Waals surface area contributed by atoms with Gasteiger partial charge in [0.25, 0.3) is 10.0 Å². The fourth-order valence-corrected chi connectivity index (χ4v) is 6.17. The fourth-order valence-electron chi connectivity index (χ4n) is 4.28. The predicted octanol–water partition coefficient (Wildman–Crippen LogP) is 2.42. The Hall–Kier alpha value is -2.45. The maximum Gasteiger partial charge on any atom is 0.265 e. The van der Waals surface area contributed by atoms with Gasteiger partial charge in [0, 0.05) is 26.2 Å². The van der Waals surface area contributed by atoms with Crippen molar-refractivity contribution in [2.24, 2.45) is 0 Å². The van der Waals surface area contributed by atoms with Gasteiger partial charge in [0.15, 0.2) is 0 Å². The molecule has 2 aromatic rings. The molecule has 0 unspecified atom stereocenters. The molecule has 8 heteroatoms. The molecule has 2 aliphatic rings. The van der Waals surface area contributed by atoms with E-state index in [0.717, 1.165) is 24.7 Å². The van der Waals surface area contributed by atoms with Crippen LogP contribution in [0.5, 0.6) is 0 Å². The number of carbonyl (C=O) groups is 1. The smallest absolute Gasteiger partial charge is 0.265 e. The molecule has 1 atom stereocenters. The van der Waals surface area contributed by atoms with Crippen LogP contribution in [-0.2, 0) is 21.2 Å². The molecule has 0 aliphatic carbocycles. The number of hydrogen-bond donors (Lipinski definition) is 0. The van der Waals surface area contributed by atoms with E-state index in [2.05, 4.69) is 4.90 Å². The van der Waals surface area contributed by atoms with Crippen LogP contribution in [0, 0.1) is 12.7 Å². The third kappa shape index (κ3) is 3.70. The number of benzene rings is 2. The summed E-state index contributed by atoms with van der Waals surface area (Å²) in [7, 11) is -2.05. The highest BCUT2D eigenvalue weighted by Crippen LogP contribution is 2.37. The lowest BCUT2D eigenvalue weighted by Gasteiger charge is -2.41. The monoisotopic (exact) mass is 431 g/mol. The van der Waals surface area contributed by atoms with Crippen LogP contribution >= 0.6 is 0 Å². The molecule has 0 N–H and O–H groups in total. The quantitative estimate of drug-likeness (QED) is 0.749. The molecule has 30 heavy (non-hydrogen) atoms.